The second-order valence-electron chi connectivity index (χ2n) is 5.08. The molecule has 1 aromatic carbocycles. The summed E-state index contributed by atoms with van der Waals surface area (Å²) in [5, 5.41) is 0. The van der Waals surface area contributed by atoms with Crippen LogP contribution in [0.1, 0.15) is 48.2 Å². The van der Waals surface area contributed by atoms with Crippen LogP contribution in [0.3, 0.4) is 0 Å². The van der Waals surface area contributed by atoms with Gasteiger partial charge in [-0.25, -0.2) is 0 Å². The molecule has 1 rings (SSSR count). The van der Waals surface area contributed by atoms with E-state index in [1.54, 1.807) is 11.0 Å². The number of nitrogens with two attached hydrogens (primary N) is 1. The average molecular weight is 248 g/mol. The van der Waals surface area contributed by atoms with Gasteiger partial charge in [-0.05, 0) is 44.4 Å². The van der Waals surface area contributed by atoms with Gasteiger partial charge in [-0.3, -0.25) is 4.79 Å². The van der Waals surface area contributed by atoms with Crippen LogP contribution in [0.25, 0.3) is 0 Å². The number of nitrogen functional groups attached to an aromatic ring is 1. The smallest absolute Gasteiger partial charge is 0.254 e. The van der Waals surface area contributed by atoms with Gasteiger partial charge in [-0.2, -0.15) is 0 Å². The zero-order valence-corrected chi connectivity index (χ0v) is 12.1. The van der Waals surface area contributed by atoms with E-state index in [9.17, 15) is 4.79 Å². The molecule has 0 aliphatic heterocycles. The molecule has 3 nitrogen and oxygen atoms in total. The van der Waals surface area contributed by atoms with Crippen molar-refractivity contribution in [2.75, 3.05) is 12.8 Å². The molecule has 2 N–H and O–H groups in total. The van der Waals surface area contributed by atoms with Crippen LogP contribution < -0.4 is 5.73 Å². The number of benzene rings is 1. The Labute approximate surface area is 110 Å². The zero-order chi connectivity index (χ0) is 13.9. The predicted molar refractivity (Wildman–Crippen MR) is 76.8 cm³/mol. The Balaban J connectivity index is 3.00. The first kappa shape index (κ1) is 14.6. The molecule has 0 aliphatic carbocycles. The zero-order valence-electron chi connectivity index (χ0n) is 12.1. The number of hydrogen-bond donors (Lipinski definition) is 1. The lowest BCUT2D eigenvalue weighted by atomic mass is 10.0. The molecule has 0 aliphatic rings. The number of anilines is 1. The molecule has 1 aromatic rings. The van der Waals surface area contributed by atoms with Gasteiger partial charge in [0, 0.05) is 24.3 Å². The van der Waals surface area contributed by atoms with E-state index in [2.05, 4.69) is 13.8 Å². The fourth-order valence-electron chi connectivity index (χ4n) is 2.10. The highest BCUT2D eigenvalue weighted by Crippen LogP contribution is 2.20. The molecule has 0 heterocycles. The normalized spacial score (nSPS) is 12.3. The second-order valence-corrected chi connectivity index (χ2v) is 5.08. The summed E-state index contributed by atoms with van der Waals surface area (Å²) in [5.74, 6) is 0.0557. The number of amides is 1. The van der Waals surface area contributed by atoms with Gasteiger partial charge in [0.05, 0.1) is 0 Å². The van der Waals surface area contributed by atoms with Crippen LogP contribution in [0.5, 0.6) is 0 Å². The Hall–Kier alpha value is -1.51. The molecule has 0 radical (unpaired) electrons. The number of rotatable bonds is 4. The monoisotopic (exact) mass is 248 g/mol. The van der Waals surface area contributed by atoms with Gasteiger partial charge in [0.15, 0.2) is 0 Å². The molecule has 0 aromatic heterocycles. The van der Waals surface area contributed by atoms with Crippen LogP contribution in [-0.4, -0.2) is 23.9 Å². The quantitative estimate of drug-likeness (QED) is 0.832. The van der Waals surface area contributed by atoms with Gasteiger partial charge in [0.25, 0.3) is 5.91 Å². The maximum atomic E-state index is 12.4. The van der Waals surface area contributed by atoms with Crippen molar-refractivity contribution < 1.29 is 4.79 Å². The molecule has 0 spiro atoms. The maximum Gasteiger partial charge on any atom is 0.254 e. The van der Waals surface area contributed by atoms with Crippen LogP contribution in [0.2, 0.25) is 0 Å². The van der Waals surface area contributed by atoms with Crippen molar-refractivity contribution in [3.05, 3.63) is 28.8 Å². The van der Waals surface area contributed by atoms with Crippen molar-refractivity contribution in [3.63, 3.8) is 0 Å². The first-order valence-corrected chi connectivity index (χ1v) is 6.52. The summed E-state index contributed by atoms with van der Waals surface area (Å²) in [5.41, 5.74) is 9.29. The van der Waals surface area contributed by atoms with Gasteiger partial charge >= 0.3 is 0 Å². The van der Waals surface area contributed by atoms with E-state index in [-0.39, 0.29) is 11.9 Å². The topological polar surface area (TPSA) is 46.3 Å². The Morgan fingerprint density at radius 1 is 1.33 bits per heavy atom. The predicted octanol–water partition coefficient (Wildman–Crippen LogP) is 3.15. The molecule has 0 bridgehead atoms. The fourth-order valence-corrected chi connectivity index (χ4v) is 2.10. The third-order valence-electron chi connectivity index (χ3n) is 3.53. The third-order valence-corrected chi connectivity index (χ3v) is 3.53. The van der Waals surface area contributed by atoms with Crippen molar-refractivity contribution in [2.45, 2.75) is 46.6 Å². The summed E-state index contributed by atoms with van der Waals surface area (Å²) in [6.45, 7) is 8.12. The molecule has 1 atom stereocenters. The van der Waals surface area contributed by atoms with Crippen molar-refractivity contribution in [3.8, 4) is 0 Å². The summed E-state index contributed by atoms with van der Waals surface area (Å²) >= 11 is 0. The lowest BCUT2D eigenvalue weighted by Gasteiger charge is -2.25. The highest BCUT2D eigenvalue weighted by atomic mass is 16.2. The van der Waals surface area contributed by atoms with E-state index in [1.807, 2.05) is 27.0 Å². The lowest BCUT2D eigenvalue weighted by Crippen LogP contribution is -2.35. The van der Waals surface area contributed by atoms with Crippen molar-refractivity contribution in [1.29, 1.82) is 0 Å². The number of carbonyl (C=O) groups excluding carboxylic acids is 1. The molecule has 0 fully saturated rings. The van der Waals surface area contributed by atoms with Gasteiger partial charge in [0.2, 0.25) is 0 Å². The second kappa shape index (κ2) is 5.89. The molecule has 100 valence electrons. The molecule has 0 saturated heterocycles. The van der Waals surface area contributed by atoms with Crippen LogP contribution in [0.15, 0.2) is 12.1 Å². The summed E-state index contributed by atoms with van der Waals surface area (Å²) in [7, 11) is 1.86. The maximum absolute atomic E-state index is 12.4. The first-order valence-electron chi connectivity index (χ1n) is 6.52. The minimum atomic E-state index is 0.0557. The third kappa shape index (κ3) is 3.03. The fraction of sp³-hybridized carbons (Fsp3) is 0.533. The Kier molecular flexibility index (Phi) is 4.76. The number of aryl methyl sites for hydroxylation is 2. The molecular weight excluding hydrogens is 224 g/mol. The highest BCUT2D eigenvalue weighted by molar-refractivity contribution is 5.96. The molecule has 1 unspecified atom stereocenters. The Morgan fingerprint density at radius 2 is 1.94 bits per heavy atom. The van der Waals surface area contributed by atoms with Gasteiger partial charge in [-0.1, -0.05) is 19.4 Å². The molecule has 1 amide bonds. The van der Waals surface area contributed by atoms with E-state index in [0.717, 1.165) is 24.0 Å². The largest absolute Gasteiger partial charge is 0.398 e. The van der Waals surface area contributed by atoms with Crippen molar-refractivity contribution >= 4 is 11.6 Å². The molecule has 0 saturated carbocycles. The highest BCUT2D eigenvalue weighted by Gasteiger charge is 2.19. The lowest BCUT2D eigenvalue weighted by molar-refractivity contribution is 0.0736. The van der Waals surface area contributed by atoms with E-state index in [4.69, 9.17) is 5.73 Å². The molecule has 3 heteroatoms. The Morgan fingerprint density at radius 3 is 2.50 bits per heavy atom. The standard InChI is InChI=1S/C15H24N2O/c1-6-7-12(4)17(5)15(18)13-9-14(16)11(3)8-10(13)2/h8-9,12H,6-7,16H2,1-5H3. The average Bonchev–Trinajstić information content (AvgIpc) is 2.32. The molecular formula is C15H24N2O. The van der Waals surface area contributed by atoms with Crippen molar-refractivity contribution in [2.24, 2.45) is 0 Å². The summed E-state index contributed by atoms with van der Waals surface area (Å²) in [4.78, 5) is 14.2. The van der Waals surface area contributed by atoms with Gasteiger partial charge in [-0.15, -0.1) is 0 Å². The summed E-state index contributed by atoms with van der Waals surface area (Å²) < 4.78 is 0. The van der Waals surface area contributed by atoms with Gasteiger partial charge < -0.3 is 10.6 Å². The van der Waals surface area contributed by atoms with Crippen LogP contribution >= 0.6 is 0 Å². The van der Waals surface area contributed by atoms with E-state index >= 15 is 0 Å². The van der Waals surface area contributed by atoms with Crippen molar-refractivity contribution in [1.82, 2.24) is 4.90 Å². The first-order chi connectivity index (χ1) is 8.38. The van der Waals surface area contributed by atoms with E-state index < -0.39 is 0 Å². The van der Waals surface area contributed by atoms with Gasteiger partial charge in [0.1, 0.15) is 0 Å². The summed E-state index contributed by atoms with van der Waals surface area (Å²) in [6.07, 6.45) is 2.09. The van der Waals surface area contributed by atoms with Crippen LogP contribution in [0.4, 0.5) is 5.69 Å². The van der Waals surface area contributed by atoms with Crippen LogP contribution in [-0.2, 0) is 0 Å². The number of hydrogen-bond acceptors (Lipinski definition) is 2. The minimum Gasteiger partial charge on any atom is -0.398 e. The SMILES string of the molecule is CCCC(C)N(C)C(=O)c1cc(N)c(C)cc1C. The minimum absolute atomic E-state index is 0.0557. The number of nitrogens with zero attached hydrogens (tertiary/aromatic N) is 1. The number of carbonyl (C=O) groups is 1. The van der Waals surface area contributed by atoms with E-state index in [1.165, 1.54) is 0 Å². The molecule has 18 heavy (non-hydrogen) atoms. The summed E-state index contributed by atoms with van der Waals surface area (Å²) in [6, 6.07) is 4.02. The van der Waals surface area contributed by atoms with E-state index in [0.29, 0.717) is 11.3 Å². The Bertz CT molecular complexity index is 440. The van der Waals surface area contributed by atoms with Crippen LogP contribution in [0, 0.1) is 13.8 Å².